The maximum absolute atomic E-state index is 5.47. The van der Waals surface area contributed by atoms with Crippen molar-refractivity contribution in [1.29, 1.82) is 0 Å². The zero-order valence-corrected chi connectivity index (χ0v) is 9.95. The van der Waals surface area contributed by atoms with E-state index in [0.717, 1.165) is 12.1 Å². The molecule has 3 nitrogen and oxygen atoms in total. The van der Waals surface area contributed by atoms with Crippen molar-refractivity contribution in [3.8, 4) is 0 Å². The Hall–Kier alpha value is -0.930. The van der Waals surface area contributed by atoms with Gasteiger partial charge in [0.1, 0.15) is 0 Å². The Kier molecular flexibility index (Phi) is 4.24. The van der Waals surface area contributed by atoms with Crippen molar-refractivity contribution in [2.75, 3.05) is 14.2 Å². The first-order valence-electron chi connectivity index (χ1n) is 5.22. The van der Waals surface area contributed by atoms with Gasteiger partial charge < -0.3 is 10.1 Å². The highest BCUT2D eigenvalue weighted by Crippen LogP contribution is 2.16. The Morgan fingerprint density at radius 3 is 2.67 bits per heavy atom. The van der Waals surface area contributed by atoms with Gasteiger partial charge in [-0.25, -0.2) is 0 Å². The Bertz CT molecular complexity index is 285. The number of nitrogens with one attached hydrogen (secondary N) is 1. The van der Waals surface area contributed by atoms with E-state index < -0.39 is 0 Å². The minimum Gasteiger partial charge on any atom is -0.377 e. The van der Waals surface area contributed by atoms with Crippen LogP contribution in [-0.4, -0.2) is 30.8 Å². The van der Waals surface area contributed by atoms with Crippen molar-refractivity contribution in [2.45, 2.75) is 31.9 Å². The molecule has 0 fully saturated rings. The van der Waals surface area contributed by atoms with Gasteiger partial charge >= 0.3 is 0 Å². The number of pyridine rings is 1. The molecule has 1 aromatic rings. The molecule has 1 aromatic heterocycles. The van der Waals surface area contributed by atoms with Crippen LogP contribution in [0.5, 0.6) is 0 Å². The summed E-state index contributed by atoms with van der Waals surface area (Å²) in [4.78, 5) is 4.32. The fourth-order valence-corrected chi connectivity index (χ4v) is 1.57. The van der Waals surface area contributed by atoms with Crippen molar-refractivity contribution < 1.29 is 4.74 Å². The number of likely N-dealkylation sites (N-methyl/N-ethyl adjacent to an activating group) is 1. The fourth-order valence-electron chi connectivity index (χ4n) is 1.57. The first kappa shape index (κ1) is 12.1. The third kappa shape index (κ3) is 3.29. The second-order valence-corrected chi connectivity index (χ2v) is 4.17. The molecular weight excluding hydrogens is 188 g/mol. The van der Waals surface area contributed by atoms with Gasteiger partial charge in [-0.15, -0.1) is 0 Å². The fraction of sp³-hybridized carbons (Fsp3) is 0.583. The Morgan fingerprint density at radius 2 is 2.20 bits per heavy atom. The van der Waals surface area contributed by atoms with Crippen LogP contribution >= 0.6 is 0 Å². The van der Waals surface area contributed by atoms with Gasteiger partial charge in [0.15, 0.2) is 0 Å². The maximum Gasteiger partial charge on any atom is 0.0778 e. The summed E-state index contributed by atoms with van der Waals surface area (Å²) in [5.41, 5.74) is 0.897. The minimum atomic E-state index is -0.188. The summed E-state index contributed by atoms with van der Waals surface area (Å²) < 4.78 is 5.47. The van der Waals surface area contributed by atoms with E-state index in [4.69, 9.17) is 4.74 Å². The van der Waals surface area contributed by atoms with E-state index in [9.17, 15) is 0 Å². The van der Waals surface area contributed by atoms with Crippen LogP contribution < -0.4 is 5.32 Å². The summed E-state index contributed by atoms with van der Waals surface area (Å²) in [7, 11) is 3.69. The maximum atomic E-state index is 5.47. The molecule has 0 aliphatic rings. The monoisotopic (exact) mass is 208 g/mol. The van der Waals surface area contributed by atoms with Crippen LogP contribution in [-0.2, 0) is 11.2 Å². The van der Waals surface area contributed by atoms with Crippen LogP contribution in [0.3, 0.4) is 0 Å². The summed E-state index contributed by atoms with van der Waals surface area (Å²) in [6.07, 6.45) is 2.69. The molecule has 1 unspecified atom stereocenters. The molecule has 0 aliphatic carbocycles. The molecule has 1 heterocycles. The molecule has 0 aliphatic heterocycles. The molecule has 3 heteroatoms. The molecule has 1 atom stereocenters. The third-order valence-electron chi connectivity index (χ3n) is 2.85. The van der Waals surface area contributed by atoms with Crippen molar-refractivity contribution in [3.05, 3.63) is 30.1 Å². The van der Waals surface area contributed by atoms with E-state index in [0.29, 0.717) is 0 Å². The molecule has 15 heavy (non-hydrogen) atoms. The van der Waals surface area contributed by atoms with Crippen molar-refractivity contribution in [2.24, 2.45) is 0 Å². The average molecular weight is 208 g/mol. The molecule has 1 rings (SSSR count). The predicted octanol–water partition coefficient (Wildman–Crippen LogP) is 1.64. The van der Waals surface area contributed by atoms with Crippen molar-refractivity contribution in [1.82, 2.24) is 10.3 Å². The van der Waals surface area contributed by atoms with Gasteiger partial charge in [-0.2, -0.15) is 0 Å². The van der Waals surface area contributed by atoms with Crippen molar-refractivity contribution >= 4 is 0 Å². The lowest BCUT2D eigenvalue weighted by Gasteiger charge is -2.32. The van der Waals surface area contributed by atoms with E-state index in [-0.39, 0.29) is 11.6 Å². The number of ether oxygens (including phenoxy) is 1. The molecule has 0 saturated heterocycles. The van der Waals surface area contributed by atoms with E-state index >= 15 is 0 Å². The third-order valence-corrected chi connectivity index (χ3v) is 2.85. The molecule has 0 bridgehead atoms. The SMILES string of the molecule is CNC(Cc1ccccn1)C(C)(C)OC. The second kappa shape index (κ2) is 5.24. The number of nitrogens with zero attached hydrogens (tertiary/aromatic N) is 1. The largest absolute Gasteiger partial charge is 0.377 e. The number of hydrogen-bond acceptors (Lipinski definition) is 3. The summed E-state index contributed by atoms with van der Waals surface area (Å²) in [5.74, 6) is 0. The molecule has 0 aromatic carbocycles. The summed E-state index contributed by atoms with van der Waals surface area (Å²) in [6, 6.07) is 6.24. The Morgan fingerprint density at radius 1 is 1.47 bits per heavy atom. The lowest BCUT2D eigenvalue weighted by Crippen LogP contribution is -2.48. The zero-order chi connectivity index (χ0) is 11.3. The van der Waals surface area contributed by atoms with Crippen LogP contribution in [0.2, 0.25) is 0 Å². The highest BCUT2D eigenvalue weighted by molar-refractivity contribution is 5.07. The molecular formula is C12H20N2O. The molecule has 84 valence electrons. The smallest absolute Gasteiger partial charge is 0.0778 e. The molecule has 0 radical (unpaired) electrons. The first-order valence-corrected chi connectivity index (χ1v) is 5.22. The topological polar surface area (TPSA) is 34.2 Å². The second-order valence-electron chi connectivity index (χ2n) is 4.17. The molecule has 0 amide bonds. The van der Waals surface area contributed by atoms with Gasteiger partial charge in [-0.05, 0) is 33.0 Å². The van der Waals surface area contributed by atoms with Crippen LogP contribution in [0.4, 0.5) is 0 Å². The highest BCUT2D eigenvalue weighted by atomic mass is 16.5. The lowest BCUT2D eigenvalue weighted by molar-refractivity contribution is -0.00821. The lowest BCUT2D eigenvalue weighted by atomic mass is 9.94. The number of hydrogen-bond donors (Lipinski definition) is 1. The molecule has 0 saturated carbocycles. The first-order chi connectivity index (χ1) is 7.10. The van der Waals surface area contributed by atoms with Crippen molar-refractivity contribution in [3.63, 3.8) is 0 Å². The van der Waals surface area contributed by atoms with Gasteiger partial charge in [0.25, 0.3) is 0 Å². The number of aromatic nitrogens is 1. The standard InChI is InChI=1S/C12H20N2O/c1-12(2,15-4)11(13-3)9-10-7-5-6-8-14-10/h5-8,11,13H,9H2,1-4H3. The van der Waals surface area contributed by atoms with Gasteiger partial charge in [-0.3, -0.25) is 4.98 Å². The van der Waals surface area contributed by atoms with E-state index in [2.05, 4.69) is 24.1 Å². The minimum absolute atomic E-state index is 0.188. The van der Waals surface area contributed by atoms with E-state index in [1.807, 2.05) is 31.4 Å². The Balaban J connectivity index is 2.70. The van der Waals surface area contributed by atoms with Gasteiger partial charge in [0.05, 0.1) is 5.60 Å². The van der Waals surface area contributed by atoms with E-state index in [1.165, 1.54) is 0 Å². The van der Waals surface area contributed by atoms with Crippen LogP contribution in [0, 0.1) is 0 Å². The highest BCUT2D eigenvalue weighted by Gasteiger charge is 2.28. The van der Waals surface area contributed by atoms with Gasteiger partial charge in [-0.1, -0.05) is 6.07 Å². The normalized spacial score (nSPS) is 13.9. The molecule has 1 N–H and O–H groups in total. The molecule has 0 spiro atoms. The predicted molar refractivity (Wildman–Crippen MR) is 61.9 cm³/mol. The zero-order valence-electron chi connectivity index (χ0n) is 9.95. The van der Waals surface area contributed by atoms with Crippen LogP contribution in [0.15, 0.2) is 24.4 Å². The van der Waals surface area contributed by atoms with Crippen LogP contribution in [0.1, 0.15) is 19.5 Å². The van der Waals surface area contributed by atoms with Gasteiger partial charge in [0, 0.05) is 31.5 Å². The summed E-state index contributed by atoms with van der Waals surface area (Å²) in [5, 5.41) is 3.28. The summed E-state index contributed by atoms with van der Waals surface area (Å²) >= 11 is 0. The van der Waals surface area contributed by atoms with E-state index in [1.54, 1.807) is 7.11 Å². The van der Waals surface area contributed by atoms with Crippen LogP contribution in [0.25, 0.3) is 0 Å². The quantitative estimate of drug-likeness (QED) is 0.798. The average Bonchev–Trinajstić information content (AvgIpc) is 2.27. The number of rotatable bonds is 5. The summed E-state index contributed by atoms with van der Waals surface area (Å²) in [6.45, 7) is 4.16. The number of methoxy groups -OCH3 is 1. The Labute approximate surface area is 91.9 Å². The van der Waals surface area contributed by atoms with Gasteiger partial charge in [0.2, 0.25) is 0 Å².